The predicted molar refractivity (Wildman–Crippen MR) is 149 cm³/mol. The Morgan fingerprint density at radius 3 is 2.44 bits per heavy atom. The van der Waals surface area contributed by atoms with Crippen molar-refractivity contribution in [3.63, 3.8) is 0 Å². The molecule has 0 aromatic heterocycles. The average Bonchev–Trinajstić information content (AvgIpc) is 2.95. The van der Waals surface area contributed by atoms with E-state index in [1.807, 2.05) is 0 Å². The van der Waals surface area contributed by atoms with Crippen LogP contribution >= 0.6 is 11.6 Å². The third-order valence-corrected chi connectivity index (χ3v) is 7.52. The summed E-state index contributed by atoms with van der Waals surface area (Å²) >= 11 is 6.10. The number of nitrogens with one attached hydrogen (secondary N) is 1. The van der Waals surface area contributed by atoms with Gasteiger partial charge in [0.05, 0.1) is 23.7 Å². The fraction of sp³-hybridized carbons (Fsp3) is 0.467. The Labute approximate surface area is 242 Å². The van der Waals surface area contributed by atoms with Gasteiger partial charge in [0.15, 0.2) is 0 Å². The molecule has 2 aromatic carbocycles. The molecule has 1 saturated heterocycles. The Morgan fingerprint density at radius 2 is 1.83 bits per heavy atom. The Hall–Kier alpha value is -3.11. The maximum Gasteiger partial charge on any atom is 0.292 e. The first-order valence-electron chi connectivity index (χ1n) is 13.5. The second-order valence-electron chi connectivity index (χ2n) is 10.1. The van der Waals surface area contributed by atoms with Gasteiger partial charge in [0.25, 0.3) is 24.2 Å². The monoisotopic (exact) mass is 598 g/mol. The van der Waals surface area contributed by atoms with Crippen LogP contribution in [0.25, 0.3) is 0 Å². The highest BCUT2D eigenvalue weighted by atomic mass is 35.5. The van der Waals surface area contributed by atoms with Crippen molar-refractivity contribution in [1.82, 2.24) is 10.2 Å². The molecule has 1 atom stereocenters. The summed E-state index contributed by atoms with van der Waals surface area (Å²) in [7, 11) is 0. The maximum absolute atomic E-state index is 15.1. The zero-order chi connectivity index (χ0) is 30.0. The number of piperidine rings is 1. The van der Waals surface area contributed by atoms with Crippen LogP contribution in [0, 0.1) is 5.92 Å². The zero-order valence-corrected chi connectivity index (χ0v) is 23.4. The van der Waals surface area contributed by atoms with Crippen LogP contribution in [0.15, 0.2) is 61.2 Å². The van der Waals surface area contributed by atoms with Crippen LogP contribution in [-0.2, 0) is 10.4 Å². The van der Waals surface area contributed by atoms with Crippen molar-refractivity contribution < 1.29 is 37.0 Å². The van der Waals surface area contributed by atoms with E-state index in [0.29, 0.717) is 31.1 Å². The van der Waals surface area contributed by atoms with Crippen LogP contribution in [0.1, 0.15) is 54.4 Å². The lowest BCUT2D eigenvalue weighted by atomic mass is 9.83. The molecular weight excluding hydrogens is 564 g/mol. The number of halogens is 5. The van der Waals surface area contributed by atoms with E-state index in [1.165, 1.54) is 41.3 Å². The van der Waals surface area contributed by atoms with Gasteiger partial charge in [-0.1, -0.05) is 54.4 Å². The van der Waals surface area contributed by atoms with E-state index < -0.39 is 42.7 Å². The predicted octanol–water partition coefficient (Wildman–Crippen LogP) is 6.22. The molecule has 0 saturated carbocycles. The molecule has 1 aliphatic rings. The molecular formula is C30H35ClF4N2O4. The number of likely N-dealkylation sites (tertiary alicyclic amines) is 1. The minimum absolute atomic E-state index is 0.0797. The van der Waals surface area contributed by atoms with Crippen molar-refractivity contribution in [1.29, 1.82) is 0 Å². The van der Waals surface area contributed by atoms with E-state index >= 15 is 8.78 Å². The quantitative estimate of drug-likeness (QED) is 0.154. The van der Waals surface area contributed by atoms with Crippen LogP contribution in [-0.4, -0.2) is 60.4 Å². The van der Waals surface area contributed by atoms with Crippen LogP contribution in [0.3, 0.4) is 0 Å². The van der Waals surface area contributed by atoms with Crippen molar-refractivity contribution >= 4 is 23.4 Å². The summed E-state index contributed by atoms with van der Waals surface area (Å²) in [6.07, 6.45) is 1.21. The van der Waals surface area contributed by atoms with E-state index in [9.17, 15) is 23.5 Å². The minimum Gasteiger partial charge on any atom is -0.494 e. The highest BCUT2D eigenvalue weighted by Gasteiger charge is 2.59. The number of allylic oxidation sites excluding steroid dienone is 1. The van der Waals surface area contributed by atoms with Gasteiger partial charge in [-0.2, -0.15) is 0 Å². The number of alkyl halides is 4. The highest BCUT2D eigenvalue weighted by molar-refractivity contribution is 6.34. The van der Waals surface area contributed by atoms with Crippen molar-refractivity contribution in [3.8, 4) is 5.75 Å². The Morgan fingerprint density at radius 1 is 1.15 bits per heavy atom. The summed E-state index contributed by atoms with van der Waals surface area (Å²) in [5.41, 5.74) is -3.05. The molecule has 41 heavy (non-hydrogen) atoms. The summed E-state index contributed by atoms with van der Waals surface area (Å²) in [4.78, 5) is 26.6. The first-order chi connectivity index (χ1) is 19.5. The molecule has 0 radical (unpaired) electrons. The number of carbonyl (C=O) groups excluding carboxylic acids is 2. The van der Waals surface area contributed by atoms with Gasteiger partial charge in [-0.25, -0.2) is 17.6 Å². The number of hydrogen-bond donors (Lipinski definition) is 2. The molecule has 0 aliphatic carbocycles. The van der Waals surface area contributed by atoms with Crippen LogP contribution < -0.4 is 10.1 Å². The van der Waals surface area contributed by atoms with Gasteiger partial charge in [-0.3, -0.25) is 9.59 Å². The average molecular weight is 599 g/mol. The summed E-state index contributed by atoms with van der Waals surface area (Å²) in [5.74, 6) is -4.66. The lowest BCUT2D eigenvalue weighted by Gasteiger charge is -2.41. The smallest absolute Gasteiger partial charge is 0.292 e. The molecule has 1 heterocycles. The van der Waals surface area contributed by atoms with Gasteiger partial charge in [0, 0.05) is 19.5 Å². The van der Waals surface area contributed by atoms with E-state index in [2.05, 4.69) is 11.9 Å². The molecule has 3 rings (SSSR count). The van der Waals surface area contributed by atoms with Gasteiger partial charge in [0.2, 0.25) is 5.60 Å². The van der Waals surface area contributed by atoms with Gasteiger partial charge in [-0.05, 0) is 55.4 Å². The first kappa shape index (κ1) is 32.4. The van der Waals surface area contributed by atoms with E-state index in [4.69, 9.17) is 16.3 Å². The number of aliphatic hydroxyl groups is 1. The number of hydrogen-bond acceptors (Lipinski definition) is 4. The lowest BCUT2D eigenvalue weighted by molar-refractivity contribution is -0.205. The largest absolute Gasteiger partial charge is 0.494 e. The molecule has 0 bridgehead atoms. The Balaban J connectivity index is 1.45. The summed E-state index contributed by atoms with van der Waals surface area (Å²) in [5, 5.41) is 13.4. The third-order valence-electron chi connectivity index (χ3n) is 7.21. The van der Waals surface area contributed by atoms with Crippen molar-refractivity contribution in [2.24, 2.45) is 5.92 Å². The van der Waals surface area contributed by atoms with Gasteiger partial charge < -0.3 is 20.1 Å². The number of rotatable bonds is 14. The molecule has 2 aromatic rings. The second kappa shape index (κ2) is 14.7. The topological polar surface area (TPSA) is 78.9 Å². The number of amides is 2. The van der Waals surface area contributed by atoms with Crippen LogP contribution in [0.4, 0.5) is 17.6 Å². The van der Waals surface area contributed by atoms with Gasteiger partial charge in [0.1, 0.15) is 5.75 Å². The lowest BCUT2D eigenvalue weighted by Crippen LogP contribution is -2.58. The van der Waals surface area contributed by atoms with Crippen molar-refractivity contribution in [3.05, 3.63) is 77.3 Å². The number of carbonyl (C=O) groups is 2. The third kappa shape index (κ3) is 8.23. The van der Waals surface area contributed by atoms with Gasteiger partial charge in [-0.15, -0.1) is 6.58 Å². The zero-order valence-electron chi connectivity index (χ0n) is 22.6. The first-order valence-corrected chi connectivity index (χ1v) is 13.9. The number of ether oxygens (including phenoxy) is 1. The Bertz CT molecular complexity index is 1180. The maximum atomic E-state index is 15.1. The van der Waals surface area contributed by atoms with Crippen molar-refractivity contribution in [2.75, 3.05) is 26.2 Å². The Kier molecular flexibility index (Phi) is 11.6. The van der Waals surface area contributed by atoms with Crippen LogP contribution in [0.5, 0.6) is 5.75 Å². The molecule has 1 fully saturated rings. The fourth-order valence-corrected chi connectivity index (χ4v) is 5.17. The molecule has 0 spiro atoms. The number of benzene rings is 2. The molecule has 0 unspecified atom stereocenters. The van der Waals surface area contributed by atoms with E-state index in [1.54, 1.807) is 12.1 Å². The number of nitrogens with zero attached hydrogens (tertiary/aromatic N) is 1. The minimum atomic E-state index is -3.73. The van der Waals surface area contributed by atoms with Crippen LogP contribution in [0.2, 0.25) is 5.02 Å². The molecule has 224 valence electrons. The molecule has 2 amide bonds. The molecule has 2 N–H and O–H groups in total. The van der Waals surface area contributed by atoms with Crippen molar-refractivity contribution in [2.45, 2.75) is 56.5 Å². The van der Waals surface area contributed by atoms with Gasteiger partial charge >= 0.3 is 0 Å². The van der Waals surface area contributed by atoms with E-state index in [0.717, 1.165) is 25.3 Å². The summed E-state index contributed by atoms with van der Waals surface area (Å²) < 4.78 is 60.5. The standard InChI is InChI=1S/C30H35ClF4N2O4/c1-2-15-29(34,35)30(40,22-9-4-3-5-10-22)28(39)37-16-13-21(14-17-37)8-6-7-18-41-23-11-12-24(25(31)19-23)27(38)36-20-26(32)33/h2-5,9-12,19,21,26,40H,1,6-8,13-18,20H2,(H,36,38)/t30-/m1/s1. The molecule has 1 aliphatic heterocycles. The fourth-order valence-electron chi connectivity index (χ4n) is 4.91. The normalized spacial score (nSPS) is 15.8. The highest BCUT2D eigenvalue weighted by Crippen LogP contribution is 2.42. The van der Waals surface area contributed by atoms with E-state index in [-0.39, 0.29) is 29.2 Å². The number of unbranched alkanes of at least 4 members (excludes halogenated alkanes) is 1. The summed E-state index contributed by atoms with van der Waals surface area (Å²) in [6.45, 7) is 3.53. The SMILES string of the molecule is C=CCC(F)(F)[C@](O)(C(=O)N1CCC(CCCCOc2ccc(C(=O)NCC(F)F)c(Cl)c2)CC1)c1ccccc1. The second-order valence-corrected chi connectivity index (χ2v) is 10.5. The summed E-state index contributed by atoms with van der Waals surface area (Å²) in [6, 6.07) is 11.7. The molecule has 6 nitrogen and oxygen atoms in total. The molecule has 11 heteroatoms.